The lowest BCUT2D eigenvalue weighted by molar-refractivity contribution is -0.123. The summed E-state index contributed by atoms with van der Waals surface area (Å²) in [5.74, 6) is 0.139. The average molecular weight is 258 g/mol. The van der Waals surface area contributed by atoms with E-state index in [-0.39, 0.29) is 35.5 Å². The van der Waals surface area contributed by atoms with E-state index in [1.807, 2.05) is 6.92 Å². The first-order valence-electron chi connectivity index (χ1n) is 6.58. The van der Waals surface area contributed by atoms with Crippen LogP contribution in [0.25, 0.3) is 0 Å². The second kappa shape index (κ2) is 3.35. The number of aryl methyl sites for hydroxylation is 1. The Morgan fingerprint density at radius 1 is 1.16 bits per heavy atom. The predicted octanol–water partition coefficient (Wildman–Crippen LogP) is 1.60. The zero-order chi connectivity index (χ0) is 13.3. The van der Waals surface area contributed by atoms with Crippen LogP contribution in [0.5, 0.6) is 0 Å². The summed E-state index contributed by atoms with van der Waals surface area (Å²) >= 11 is 0. The molecule has 4 rings (SSSR count). The molecule has 1 aromatic heterocycles. The Labute approximate surface area is 110 Å². The Bertz CT molecular complexity index is 601. The summed E-state index contributed by atoms with van der Waals surface area (Å²) < 4.78 is 5.19. The van der Waals surface area contributed by atoms with Crippen LogP contribution in [-0.4, -0.2) is 17.0 Å². The zero-order valence-corrected chi connectivity index (χ0v) is 10.8. The van der Waals surface area contributed by atoms with Gasteiger partial charge in [0.1, 0.15) is 0 Å². The fourth-order valence-electron chi connectivity index (χ4n) is 3.71. The van der Waals surface area contributed by atoms with Crippen LogP contribution in [0.2, 0.25) is 0 Å². The van der Waals surface area contributed by atoms with Gasteiger partial charge < -0.3 is 4.52 Å². The molecule has 0 spiro atoms. The summed E-state index contributed by atoms with van der Waals surface area (Å²) in [6, 6.07) is 0. The molecule has 0 unspecified atom stereocenters. The fraction of sp³-hybridized carbons (Fsp3) is 0.500. The van der Waals surface area contributed by atoms with Crippen LogP contribution in [0.4, 0.5) is 5.88 Å². The molecule has 0 aromatic carbocycles. The predicted molar refractivity (Wildman–Crippen MR) is 66.2 cm³/mol. The number of aromatic nitrogens is 1. The highest BCUT2D eigenvalue weighted by Gasteiger charge is 2.60. The molecule has 0 N–H and O–H groups in total. The molecule has 2 aliphatic carbocycles. The van der Waals surface area contributed by atoms with Crippen molar-refractivity contribution in [1.29, 1.82) is 0 Å². The van der Waals surface area contributed by atoms with Crippen molar-refractivity contribution in [3.8, 4) is 0 Å². The molecule has 2 fully saturated rings. The lowest BCUT2D eigenvalue weighted by Gasteiger charge is -2.14. The number of hydrogen-bond acceptors (Lipinski definition) is 4. The van der Waals surface area contributed by atoms with Crippen LogP contribution in [0.3, 0.4) is 0 Å². The van der Waals surface area contributed by atoms with Crippen molar-refractivity contribution < 1.29 is 14.1 Å². The molecule has 4 atom stereocenters. The van der Waals surface area contributed by atoms with Crippen molar-refractivity contribution in [2.75, 3.05) is 4.90 Å². The smallest absolute Gasteiger partial charge is 0.243 e. The van der Waals surface area contributed by atoms with Crippen molar-refractivity contribution in [3.05, 3.63) is 23.4 Å². The van der Waals surface area contributed by atoms with Gasteiger partial charge in [-0.1, -0.05) is 17.3 Å². The van der Waals surface area contributed by atoms with Crippen molar-refractivity contribution in [2.45, 2.75) is 20.3 Å². The molecule has 1 aliphatic heterocycles. The zero-order valence-electron chi connectivity index (χ0n) is 10.8. The van der Waals surface area contributed by atoms with Gasteiger partial charge in [-0.25, -0.2) is 4.90 Å². The Morgan fingerprint density at radius 3 is 2.21 bits per heavy atom. The third-order valence-electron chi connectivity index (χ3n) is 4.81. The molecule has 5 heteroatoms. The highest BCUT2D eigenvalue weighted by atomic mass is 16.5. The monoisotopic (exact) mass is 258 g/mol. The number of carbonyl (C=O) groups excluding carboxylic acids is 2. The molecule has 3 aliphatic rings. The van der Waals surface area contributed by atoms with Gasteiger partial charge in [-0.15, -0.1) is 0 Å². The van der Waals surface area contributed by atoms with Crippen molar-refractivity contribution in [2.24, 2.45) is 23.7 Å². The van der Waals surface area contributed by atoms with Crippen molar-refractivity contribution in [1.82, 2.24) is 5.16 Å². The minimum absolute atomic E-state index is 0.119. The summed E-state index contributed by atoms with van der Waals surface area (Å²) in [5.41, 5.74) is 1.48. The summed E-state index contributed by atoms with van der Waals surface area (Å²) in [5, 5.41) is 3.84. The number of carbonyl (C=O) groups is 2. The number of imide groups is 1. The lowest BCUT2D eigenvalue weighted by Crippen LogP contribution is -2.33. The Balaban J connectivity index is 1.79. The summed E-state index contributed by atoms with van der Waals surface area (Å²) in [4.78, 5) is 26.3. The molecular weight excluding hydrogens is 244 g/mol. The molecule has 2 bridgehead atoms. The third kappa shape index (κ3) is 1.18. The van der Waals surface area contributed by atoms with Crippen molar-refractivity contribution in [3.63, 3.8) is 0 Å². The Kier molecular flexibility index (Phi) is 1.93. The average Bonchev–Trinajstić information content (AvgIpc) is 3.10. The lowest BCUT2D eigenvalue weighted by atomic mass is 9.85. The molecular formula is C14H14N2O3. The molecule has 1 aromatic rings. The molecule has 1 saturated carbocycles. The topological polar surface area (TPSA) is 63.4 Å². The standard InChI is InChI=1S/C14H14N2O3/c1-6-7(2)15-19-14(6)16-12(17)10-8-3-4-9(5-8)11(10)13(16)18/h3-4,8-11H,5H2,1-2H3/t8-,9-,10+,11+/m1/s1. The summed E-state index contributed by atoms with van der Waals surface area (Å²) in [6.07, 6.45) is 5.10. The molecule has 2 heterocycles. The molecule has 98 valence electrons. The minimum atomic E-state index is -0.188. The van der Waals surface area contributed by atoms with Gasteiger partial charge in [0.2, 0.25) is 17.7 Å². The van der Waals surface area contributed by atoms with Crippen LogP contribution in [0.1, 0.15) is 17.7 Å². The van der Waals surface area contributed by atoms with Gasteiger partial charge in [0.05, 0.1) is 17.5 Å². The highest BCUT2D eigenvalue weighted by molar-refractivity contribution is 6.22. The molecule has 19 heavy (non-hydrogen) atoms. The molecule has 0 radical (unpaired) electrons. The van der Waals surface area contributed by atoms with Crippen molar-refractivity contribution >= 4 is 17.7 Å². The van der Waals surface area contributed by atoms with E-state index in [0.717, 1.165) is 12.0 Å². The maximum Gasteiger partial charge on any atom is 0.243 e. The van der Waals surface area contributed by atoms with Gasteiger partial charge in [0.25, 0.3) is 0 Å². The number of rotatable bonds is 1. The van der Waals surface area contributed by atoms with Gasteiger partial charge in [-0.3, -0.25) is 9.59 Å². The van der Waals surface area contributed by atoms with E-state index >= 15 is 0 Å². The number of amides is 2. The quantitative estimate of drug-likeness (QED) is 0.567. The van der Waals surface area contributed by atoms with Crippen LogP contribution < -0.4 is 4.90 Å². The number of allylic oxidation sites excluding steroid dienone is 2. The Morgan fingerprint density at radius 2 is 1.74 bits per heavy atom. The SMILES string of the molecule is Cc1noc(N2C(=O)[C@@H]3[C@@H](C2=O)[C@@H]2C=C[C@@H]3C2)c1C. The number of nitrogens with zero attached hydrogens (tertiary/aromatic N) is 2. The van der Waals surface area contributed by atoms with Crippen LogP contribution in [-0.2, 0) is 9.59 Å². The normalized spacial score (nSPS) is 35.6. The van der Waals surface area contributed by atoms with E-state index in [0.29, 0.717) is 11.6 Å². The molecule has 1 saturated heterocycles. The second-order valence-electron chi connectivity index (χ2n) is 5.71. The molecule has 5 nitrogen and oxygen atoms in total. The first kappa shape index (κ1) is 11.0. The fourth-order valence-corrected chi connectivity index (χ4v) is 3.71. The number of hydrogen-bond donors (Lipinski definition) is 0. The van der Waals surface area contributed by atoms with E-state index in [1.54, 1.807) is 6.92 Å². The number of fused-ring (bicyclic) bond motifs is 5. The van der Waals surface area contributed by atoms with Crippen LogP contribution in [0.15, 0.2) is 16.7 Å². The minimum Gasteiger partial charge on any atom is -0.337 e. The maximum atomic E-state index is 12.5. The van der Waals surface area contributed by atoms with E-state index in [2.05, 4.69) is 17.3 Å². The maximum absolute atomic E-state index is 12.5. The summed E-state index contributed by atoms with van der Waals surface area (Å²) in [6.45, 7) is 3.63. The van der Waals surface area contributed by atoms with E-state index in [4.69, 9.17) is 4.52 Å². The van der Waals surface area contributed by atoms with Gasteiger partial charge in [0.15, 0.2) is 0 Å². The number of anilines is 1. The van der Waals surface area contributed by atoms with Gasteiger partial charge >= 0.3 is 0 Å². The van der Waals surface area contributed by atoms with Gasteiger partial charge in [0, 0.05) is 5.56 Å². The van der Waals surface area contributed by atoms with Gasteiger partial charge in [-0.05, 0) is 32.1 Å². The molecule has 2 amide bonds. The first-order valence-corrected chi connectivity index (χ1v) is 6.58. The van der Waals surface area contributed by atoms with Gasteiger partial charge in [-0.2, -0.15) is 0 Å². The third-order valence-corrected chi connectivity index (χ3v) is 4.81. The van der Waals surface area contributed by atoms with E-state index in [9.17, 15) is 9.59 Å². The van der Waals surface area contributed by atoms with Crippen LogP contribution >= 0.6 is 0 Å². The summed E-state index contributed by atoms with van der Waals surface area (Å²) in [7, 11) is 0. The van der Waals surface area contributed by atoms with E-state index in [1.165, 1.54) is 4.90 Å². The van der Waals surface area contributed by atoms with E-state index < -0.39 is 0 Å². The Hall–Kier alpha value is -1.91. The highest BCUT2D eigenvalue weighted by Crippen LogP contribution is 2.53. The second-order valence-corrected chi connectivity index (χ2v) is 5.71. The largest absolute Gasteiger partial charge is 0.337 e. The first-order chi connectivity index (χ1) is 9.09. The van der Waals surface area contributed by atoms with Crippen LogP contribution in [0, 0.1) is 37.5 Å².